The zero-order valence-electron chi connectivity index (χ0n) is 11.3. The van der Waals surface area contributed by atoms with Gasteiger partial charge in [0.2, 0.25) is 5.91 Å². The lowest BCUT2D eigenvalue weighted by Crippen LogP contribution is -2.46. The van der Waals surface area contributed by atoms with Crippen LogP contribution in [-0.2, 0) is 4.79 Å². The van der Waals surface area contributed by atoms with Crippen LogP contribution < -0.4 is 15.5 Å². The summed E-state index contributed by atoms with van der Waals surface area (Å²) in [5.41, 5.74) is 1.91. The van der Waals surface area contributed by atoms with Crippen molar-refractivity contribution in [3.05, 3.63) is 29.8 Å². The first-order chi connectivity index (χ1) is 9.08. The third-order valence-electron chi connectivity index (χ3n) is 3.20. The van der Waals surface area contributed by atoms with Gasteiger partial charge in [0, 0.05) is 25.7 Å². The van der Waals surface area contributed by atoms with Crippen LogP contribution in [0.4, 0.5) is 10.5 Å². The number of nitrogens with one attached hydrogen (secondary N) is 2. The van der Waals surface area contributed by atoms with Crippen LogP contribution in [0.1, 0.15) is 31.9 Å². The second-order valence-corrected chi connectivity index (χ2v) is 4.75. The average Bonchev–Trinajstić information content (AvgIpc) is 2.39. The van der Waals surface area contributed by atoms with Crippen LogP contribution >= 0.6 is 0 Å². The number of hydrogen-bond donors (Lipinski definition) is 2. The number of hydrogen-bond acceptors (Lipinski definition) is 2. The van der Waals surface area contributed by atoms with Gasteiger partial charge in [0.05, 0.1) is 6.04 Å². The number of carbonyl (C=O) groups excluding carboxylic acids is 2. The van der Waals surface area contributed by atoms with Gasteiger partial charge in [-0.2, -0.15) is 0 Å². The molecule has 2 N–H and O–H groups in total. The molecule has 0 aromatic heterocycles. The molecule has 2 rings (SSSR count). The highest BCUT2D eigenvalue weighted by atomic mass is 16.2. The molecule has 0 saturated carbocycles. The first-order valence-electron chi connectivity index (χ1n) is 6.50. The number of carbonyl (C=O) groups is 2. The molecule has 1 unspecified atom stereocenters. The van der Waals surface area contributed by atoms with E-state index in [1.165, 1.54) is 6.92 Å². The number of rotatable bonds is 3. The van der Waals surface area contributed by atoms with E-state index in [0.29, 0.717) is 0 Å². The Labute approximate surface area is 113 Å². The van der Waals surface area contributed by atoms with E-state index in [1.54, 1.807) is 4.90 Å². The molecule has 0 bridgehead atoms. The summed E-state index contributed by atoms with van der Waals surface area (Å²) in [5, 5.41) is 5.66. The highest BCUT2D eigenvalue weighted by Gasteiger charge is 2.19. The predicted octanol–water partition coefficient (Wildman–Crippen LogP) is 1.80. The molecule has 1 saturated heterocycles. The van der Waals surface area contributed by atoms with E-state index in [1.807, 2.05) is 31.2 Å². The Morgan fingerprint density at radius 1 is 1.37 bits per heavy atom. The summed E-state index contributed by atoms with van der Waals surface area (Å²) in [4.78, 5) is 24.5. The van der Waals surface area contributed by atoms with Crippen LogP contribution in [0.15, 0.2) is 24.3 Å². The SMILES string of the molecule is CC(=O)NC(C)c1ccc(N2CCCNC2=O)cc1. The third-order valence-corrected chi connectivity index (χ3v) is 3.20. The van der Waals surface area contributed by atoms with Gasteiger partial charge < -0.3 is 10.6 Å². The molecule has 0 radical (unpaired) electrons. The summed E-state index contributed by atoms with van der Waals surface area (Å²) in [5.74, 6) is -0.0491. The molecule has 3 amide bonds. The van der Waals surface area contributed by atoms with Crippen molar-refractivity contribution in [2.24, 2.45) is 0 Å². The second-order valence-electron chi connectivity index (χ2n) is 4.75. The number of urea groups is 1. The topological polar surface area (TPSA) is 61.4 Å². The Kier molecular flexibility index (Phi) is 4.04. The third kappa shape index (κ3) is 3.24. The van der Waals surface area contributed by atoms with E-state index in [2.05, 4.69) is 10.6 Å². The van der Waals surface area contributed by atoms with Crippen molar-refractivity contribution in [1.82, 2.24) is 10.6 Å². The molecule has 102 valence electrons. The maximum absolute atomic E-state index is 11.7. The average molecular weight is 261 g/mol. The van der Waals surface area contributed by atoms with Gasteiger partial charge in [-0.3, -0.25) is 9.69 Å². The smallest absolute Gasteiger partial charge is 0.321 e. The van der Waals surface area contributed by atoms with Crippen molar-refractivity contribution in [1.29, 1.82) is 0 Å². The molecule has 5 heteroatoms. The molecule has 1 aromatic carbocycles. The van der Waals surface area contributed by atoms with E-state index in [-0.39, 0.29) is 18.0 Å². The Morgan fingerprint density at radius 3 is 2.63 bits per heavy atom. The fraction of sp³-hybridized carbons (Fsp3) is 0.429. The van der Waals surface area contributed by atoms with Crippen molar-refractivity contribution in [3.63, 3.8) is 0 Å². The number of nitrogens with zero attached hydrogens (tertiary/aromatic N) is 1. The Balaban J connectivity index is 2.09. The minimum Gasteiger partial charge on any atom is -0.350 e. The van der Waals surface area contributed by atoms with E-state index in [4.69, 9.17) is 0 Å². The fourth-order valence-corrected chi connectivity index (χ4v) is 2.21. The largest absolute Gasteiger partial charge is 0.350 e. The zero-order valence-corrected chi connectivity index (χ0v) is 11.3. The van der Waals surface area contributed by atoms with Crippen molar-refractivity contribution in [2.75, 3.05) is 18.0 Å². The summed E-state index contributed by atoms with van der Waals surface area (Å²) < 4.78 is 0. The van der Waals surface area contributed by atoms with E-state index >= 15 is 0 Å². The van der Waals surface area contributed by atoms with Crippen molar-refractivity contribution in [3.8, 4) is 0 Å². The zero-order chi connectivity index (χ0) is 13.8. The molecule has 1 aromatic rings. The summed E-state index contributed by atoms with van der Waals surface area (Å²) in [6.07, 6.45) is 0.954. The number of amides is 3. The molecule has 1 atom stereocenters. The van der Waals surface area contributed by atoms with E-state index < -0.39 is 0 Å². The molecule has 0 spiro atoms. The monoisotopic (exact) mass is 261 g/mol. The van der Waals surface area contributed by atoms with Crippen LogP contribution in [0.3, 0.4) is 0 Å². The Hall–Kier alpha value is -2.04. The van der Waals surface area contributed by atoms with E-state index in [0.717, 1.165) is 30.8 Å². The molecule has 0 aliphatic carbocycles. The van der Waals surface area contributed by atoms with Crippen molar-refractivity contribution < 1.29 is 9.59 Å². The first-order valence-corrected chi connectivity index (χ1v) is 6.50. The van der Waals surface area contributed by atoms with Gasteiger partial charge in [0.1, 0.15) is 0 Å². The Morgan fingerprint density at radius 2 is 2.05 bits per heavy atom. The van der Waals surface area contributed by atoms with Crippen LogP contribution in [0.25, 0.3) is 0 Å². The normalized spacial score (nSPS) is 16.7. The van der Waals surface area contributed by atoms with Gasteiger partial charge in [-0.1, -0.05) is 12.1 Å². The molecule has 1 heterocycles. The maximum Gasteiger partial charge on any atom is 0.321 e. The summed E-state index contributed by atoms with van der Waals surface area (Å²) >= 11 is 0. The van der Waals surface area contributed by atoms with Crippen LogP contribution in [-0.4, -0.2) is 25.0 Å². The highest BCUT2D eigenvalue weighted by Crippen LogP contribution is 2.20. The van der Waals surface area contributed by atoms with Gasteiger partial charge in [0.15, 0.2) is 0 Å². The lowest BCUT2D eigenvalue weighted by molar-refractivity contribution is -0.119. The molecule has 1 aliphatic heterocycles. The number of benzene rings is 1. The van der Waals surface area contributed by atoms with Gasteiger partial charge >= 0.3 is 6.03 Å². The standard InChI is InChI=1S/C14H19N3O2/c1-10(16-11(2)18)12-4-6-13(7-5-12)17-9-3-8-15-14(17)19/h4-7,10H,3,8-9H2,1-2H3,(H,15,19)(H,16,18). The lowest BCUT2D eigenvalue weighted by Gasteiger charge is -2.27. The van der Waals surface area contributed by atoms with Crippen molar-refractivity contribution in [2.45, 2.75) is 26.3 Å². The molecular weight excluding hydrogens is 242 g/mol. The molecular formula is C14H19N3O2. The Bertz CT molecular complexity index is 470. The molecule has 19 heavy (non-hydrogen) atoms. The molecule has 1 fully saturated rings. The minimum atomic E-state index is -0.0491. The molecule has 5 nitrogen and oxygen atoms in total. The van der Waals surface area contributed by atoms with Crippen LogP contribution in [0, 0.1) is 0 Å². The van der Waals surface area contributed by atoms with E-state index in [9.17, 15) is 9.59 Å². The predicted molar refractivity (Wildman–Crippen MR) is 74.0 cm³/mol. The van der Waals surface area contributed by atoms with Gasteiger partial charge in [0.25, 0.3) is 0 Å². The first kappa shape index (κ1) is 13.4. The fourth-order valence-electron chi connectivity index (χ4n) is 2.21. The summed E-state index contributed by atoms with van der Waals surface area (Å²) in [6, 6.07) is 7.64. The van der Waals surface area contributed by atoms with Crippen molar-refractivity contribution >= 4 is 17.6 Å². The summed E-state index contributed by atoms with van der Waals surface area (Å²) in [6.45, 7) is 4.92. The summed E-state index contributed by atoms with van der Waals surface area (Å²) in [7, 11) is 0. The van der Waals surface area contributed by atoms with Crippen LogP contribution in [0.5, 0.6) is 0 Å². The highest BCUT2D eigenvalue weighted by molar-refractivity contribution is 5.92. The second kappa shape index (κ2) is 5.73. The lowest BCUT2D eigenvalue weighted by atomic mass is 10.1. The quantitative estimate of drug-likeness (QED) is 0.871. The van der Waals surface area contributed by atoms with Gasteiger partial charge in [-0.15, -0.1) is 0 Å². The van der Waals surface area contributed by atoms with Gasteiger partial charge in [-0.25, -0.2) is 4.79 Å². The van der Waals surface area contributed by atoms with Crippen LogP contribution in [0.2, 0.25) is 0 Å². The minimum absolute atomic E-state index is 0.0262. The molecule has 1 aliphatic rings. The van der Waals surface area contributed by atoms with Gasteiger partial charge in [-0.05, 0) is 31.0 Å². The maximum atomic E-state index is 11.7. The number of anilines is 1.